The van der Waals surface area contributed by atoms with Gasteiger partial charge in [0, 0.05) is 31.3 Å². The molecule has 0 aliphatic heterocycles. The Morgan fingerprint density at radius 1 is 1.58 bits per heavy atom. The van der Waals surface area contributed by atoms with E-state index in [4.69, 9.17) is 0 Å². The van der Waals surface area contributed by atoms with E-state index < -0.39 is 34.3 Å². The third-order valence-corrected chi connectivity index (χ3v) is 2.37. The van der Waals surface area contributed by atoms with E-state index in [1.54, 1.807) is 0 Å². The Morgan fingerprint density at radius 3 is 2.74 bits per heavy atom. The van der Waals surface area contributed by atoms with Crippen LogP contribution < -0.4 is 10.9 Å². The number of aliphatic hydroxyl groups is 2. The second-order valence-electron chi connectivity index (χ2n) is 3.85. The van der Waals surface area contributed by atoms with Crippen molar-refractivity contribution in [3.8, 4) is 0 Å². The molecule has 104 valence electrons. The molecule has 1 aromatic rings. The summed E-state index contributed by atoms with van der Waals surface area (Å²) in [5, 5.41) is 32.2. The monoisotopic (exact) mass is 271 g/mol. The van der Waals surface area contributed by atoms with Gasteiger partial charge in [-0.3, -0.25) is 19.7 Å². The standard InChI is InChI=1S/C10H13N3O6/c1-5(14)11-4-8(15)9(16)6-2-7(13(18)19)10(17)12-3-6/h2-3,8-9,15-16H,4H2,1H3,(H,11,14)(H,12,17). The molecule has 0 radical (unpaired) electrons. The van der Waals surface area contributed by atoms with Gasteiger partial charge < -0.3 is 20.5 Å². The topological polar surface area (TPSA) is 146 Å². The lowest BCUT2D eigenvalue weighted by Crippen LogP contribution is -2.34. The quantitative estimate of drug-likeness (QED) is 0.391. The Kier molecular flexibility index (Phi) is 4.73. The maximum absolute atomic E-state index is 11.1. The number of aliphatic hydroxyl groups excluding tert-OH is 2. The van der Waals surface area contributed by atoms with Crippen molar-refractivity contribution in [3.05, 3.63) is 38.3 Å². The Labute approximate surface area is 107 Å². The number of nitrogens with one attached hydrogen (secondary N) is 2. The predicted molar refractivity (Wildman–Crippen MR) is 63.4 cm³/mol. The summed E-state index contributed by atoms with van der Waals surface area (Å²) in [5.74, 6) is -0.390. The molecule has 9 heteroatoms. The first-order chi connectivity index (χ1) is 8.82. The average molecular weight is 271 g/mol. The van der Waals surface area contributed by atoms with Gasteiger partial charge in [0.25, 0.3) is 0 Å². The van der Waals surface area contributed by atoms with E-state index in [0.717, 1.165) is 12.3 Å². The third kappa shape index (κ3) is 3.86. The van der Waals surface area contributed by atoms with Gasteiger partial charge in [0.1, 0.15) is 12.2 Å². The number of H-pyrrole nitrogens is 1. The minimum atomic E-state index is -1.47. The number of pyridine rings is 1. The van der Waals surface area contributed by atoms with E-state index >= 15 is 0 Å². The zero-order chi connectivity index (χ0) is 14.6. The summed E-state index contributed by atoms with van der Waals surface area (Å²) >= 11 is 0. The lowest BCUT2D eigenvalue weighted by Gasteiger charge is -2.17. The van der Waals surface area contributed by atoms with Gasteiger partial charge in [0.15, 0.2) is 0 Å². The highest BCUT2D eigenvalue weighted by molar-refractivity contribution is 5.72. The van der Waals surface area contributed by atoms with Gasteiger partial charge in [-0.25, -0.2) is 0 Å². The van der Waals surface area contributed by atoms with Crippen molar-refractivity contribution in [1.82, 2.24) is 10.3 Å². The highest BCUT2D eigenvalue weighted by Gasteiger charge is 2.22. The largest absolute Gasteiger partial charge is 0.388 e. The Balaban J connectivity index is 2.90. The van der Waals surface area contributed by atoms with Crippen LogP contribution in [0.5, 0.6) is 0 Å². The van der Waals surface area contributed by atoms with Crippen molar-refractivity contribution in [2.45, 2.75) is 19.1 Å². The van der Waals surface area contributed by atoms with Crippen molar-refractivity contribution in [2.24, 2.45) is 0 Å². The average Bonchev–Trinajstić information content (AvgIpc) is 2.35. The van der Waals surface area contributed by atoms with Crippen molar-refractivity contribution >= 4 is 11.6 Å². The fourth-order valence-corrected chi connectivity index (χ4v) is 1.38. The molecule has 2 unspecified atom stereocenters. The molecule has 1 aromatic heterocycles. The summed E-state index contributed by atoms with van der Waals surface area (Å²) in [6, 6.07) is 0.875. The van der Waals surface area contributed by atoms with Gasteiger partial charge >= 0.3 is 11.2 Å². The third-order valence-electron chi connectivity index (χ3n) is 2.37. The predicted octanol–water partition coefficient (Wildman–Crippen LogP) is -1.19. The first-order valence-electron chi connectivity index (χ1n) is 5.30. The van der Waals surface area contributed by atoms with Crippen LogP contribution in [0.25, 0.3) is 0 Å². The number of nitrogens with zero attached hydrogens (tertiary/aromatic N) is 1. The molecule has 2 atom stereocenters. The number of hydrogen-bond donors (Lipinski definition) is 4. The molecule has 4 N–H and O–H groups in total. The van der Waals surface area contributed by atoms with Crippen LogP contribution in [0.3, 0.4) is 0 Å². The van der Waals surface area contributed by atoms with Gasteiger partial charge in [0.2, 0.25) is 5.91 Å². The zero-order valence-corrected chi connectivity index (χ0v) is 9.99. The molecule has 0 aliphatic rings. The van der Waals surface area contributed by atoms with E-state index in [-0.39, 0.29) is 12.1 Å². The van der Waals surface area contributed by atoms with Crippen LogP contribution in [0.15, 0.2) is 17.1 Å². The molecule has 0 spiro atoms. The molecular weight excluding hydrogens is 258 g/mol. The molecule has 0 saturated carbocycles. The second kappa shape index (κ2) is 6.07. The number of carbonyl (C=O) groups is 1. The smallest absolute Gasteiger partial charge is 0.334 e. The minimum absolute atomic E-state index is 0.0239. The van der Waals surface area contributed by atoms with Crippen molar-refractivity contribution in [3.63, 3.8) is 0 Å². The molecule has 0 saturated heterocycles. The summed E-state index contributed by atoms with van der Waals surface area (Å²) in [7, 11) is 0. The van der Waals surface area contributed by atoms with Crippen LogP contribution in [0.4, 0.5) is 5.69 Å². The van der Waals surface area contributed by atoms with Gasteiger partial charge in [-0.1, -0.05) is 0 Å². The minimum Gasteiger partial charge on any atom is -0.388 e. The highest BCUT2D eigenvalue weighted by Crippen LogP contribution is 2.18. The number of carbonyl (C=O) groups excluding carboxylic acids is 1. The van der Waals surface area contributed by atoms with Gasteiger partial charge in [0.05, 0.1) is 4.92 Å². The second-order valence-corrected chi connectivity index (χ2v) is 3.85. The Bertz CT molecular complexity index is 540. The SMILES string of the molecule is CC(=O)NCC(O)C(O)c1c[nH]c(=O)c([N+](=O)[O-])c1. The molecular formula is C10H13N3O6. The van der Waals surface area contributed by atoms with E-state index in [9.17, 15) is 29.9 Å². The van der Waals surface area contributed by atoms with Crippen LogP contribution in [0.2, 0.25) is 0 Å². The number of aromatic amines is 1. The Hall–Kier alpha value is -2.26. The fourth-order valence-electron chi connectivity index (χ4n) is 1.38. The van der Waals surface area contributed by atoms with Gasteiger partial charge in [-0.15, -0.1) is 0 Å². The number of aromatic nitrogens is 1. The van der Waals surface area contributed by atoms with Gasteiger partial charge in [-0.2, -0.15) is 0 Å². The molecule has 9 nitrogen and oxygen atoms in total. The molecule has 1 heterocycles. The molecule has 0 fully saturated rings. The number of amides is 1. The van der Waals surface area contributed by atoms with E-state index in [1.165, 1.54) is 6.92 Å². The van der Waals surface area contributed by atoms with Crippen LogP contribution in [-0.4, -0.2) is 38.7 Å². The summed E-state index contributed by atoms with van der Waals surface area (Å²) in [6.07, 6.45) is -1.76. The summed E-state index contributed by atoms with van der Waals surface area (Å²) in [5.41, 5.74) is -1.66. The van der Waals surface area contributed by atoms with Crippen molar-refractivity contribution in [1.29, 1.82) is 0 Å². The van der Waals surface area contributed by atoms with Crippen LogP contribution >= 0.6 is 0 Å². The number of rotatable bonds is 5. The lowest BCUT2D eigenvalue weighted by atomic mass is 10.1. The highest BCUT2D eigenvalue weighted by atomic mass is 16.6. The number of nitro groups is 1. The van der Waals surface area contributed by atoms with Crippen molar-refractivity contribution in [2.75, 3.05) is 6.54 Å². The Morgan fingerprint density at radius 2 is 2.21 bits per heavy atom. The molecule has 1 rings (SSSR count). The molecule has 19 heavy (non-hydrogen) atoms. The van der Waals surface area contributed by atoms with E-state index in [2.05, 4.69) is 10.3 Å². The van der Waals surface area contributed by atoms with Crippen LogP contribution in [0.1, 0.15) is 18.6 Å². The maximum atomic E-state index is 11.1. The van der Waals surface area contributed by atoms with E-state index in [1.807, 2.05) is 0 Å². The molecule has 1 amide bonds. The fraction of sp³-hybridized carbons (Fsp3) is 0.400. The first kappa shape index (κ1) is 14.8. The molecule has 0 aliphatic carbocycles. The molecule has 0 bridgehead atoms. The van der Waals surface area contributed by atoms with Gasteiger partial charge in [-0.05, 0) is 0 Å². The first-order valence-corrected chi connectivity index (χ1v) is 5.30. The maximum Gasteiger partial charge on any atom is 0.334 e. The summed E-state index contributed by atoms with van der Waals surface area (Å²) in [4.78, 5) is 33.5. The lowest BCUT2D eigenvalue weighted by molar-refractivity contribution is -0.386. The number of hydrogen-bond acceptors (Lipinski definition) is 6. The van der Waals surface area contributed by atoms with Crippen molar-refractivity contribution < 1.29 is 19.9 Å². The normalized spacial score (nSPS) is 13.6. The van der Waals surface area contributed by atoms with E-state index in [0.29, 0.717) is 0 Å². The zero-order valence-electron chi connectivity index (χ0n) is 9.99. The summed E-state index contributed by atoms with van der Waals surface area (Å²) < 4.78 is 0. The molecule has 0 aromatic carbocycles. The van der Waals surface area contributed by atoms with Crippen LogP contribution in [-0.2, 0) is 4.79 Å². The van der Waals surface area contributed by atoms with Crippen LogP contribution in [0, 0.1) is 10.1 Å². The summed E-state index contributed by atoms with van der Waals surface area (Å²) in [6.45, 7) is 1.02.